The predicted octanol–water partition coefficient (Wildman–Crippen LogP) is 19.2. The summed E-state index contributed by atoms with van der Waals surface area (Å²) in [6.45, 7) is 0. The van der Waals surface area contributed by atoms with Gasteiger partial charge in [0.15, 0.2) is 0 Å². The van der Waals surface area contributed by atoms with Gasteiger partial charge in [-0.3, -0.25) is 0 Å². The van der Waals surface area contributed by atoms with E-state index in [1.54, 1.807) is 0 Å². The molecule has 0 amide bonds. The van der Waals surface area contributed by atoms with E-state index < -0.39 is 0 Å². The Kier molecular flexibility index (Phi) is 10.8. The zero-order valence-electron chi connectivity index (χ0n) is 37.3. The van der Waals surface area contributed by atoms with Gasteiger partial charge in [0.1, 0.15) is 0 Å². The van der Waals surface area contributed by atoms with Gasteiger partial charge in [-0.1, -0.05) is 212 Å². The molecule has 68 heavy (non-hydrogen) atoms. The van der Waals surface area contributed by atoms with Crippen LogP contribution in [0, 0.1) is 0 Å². The maximum absolute atomic E-state index is 2.42. The van der Waals surface area contributed by atoms with Gasteiger partial charge >= 0.3 is 0 Å². The van der Waals surface area contributed by atoms with Crippen molar-refractivity contribution in [3.05, 3.63) is 273 Å². The minimum absolute atomic E-state index is 1.07. The molecule has 0 saturated heterocycles. The van der Waals surface area contributed by atoms with E-state index >= 15 is 0 Å². The Labute approximate surface area is 402 Å². The van der Waals surface area contributed by atoms with Crippen molar-refractivity contribution in [3.8, 4) is 77.9 Å². The van der Waals surface area contributed by atoms with Crippen molar-refractivity contribution in [1.82, 2.24) is 0 Å². The first kappa shape index (κ1) is 40.9. The molecule has 12 rings (SSSR count). The molecular weight excluding hydrogens is 839 g/mol. The van der Waals surface area contributed by atoms with Gasteiger partial charge in [0, 0.05) is 37.1 Å². The van der Waals surface area contributed by atoms with Gasteiger partial charge in [-0.15, -0.1) is 11.3 Å². The van der Waals surface area contributed by atoms with Crippen LogP contribution in [-0.2, 0) is 0 Å². The van der Waals surface area contributed by atoms with Gasteiger partial charge in [-0.25, -0.2) is 0 Å². The topological polar surface area (TPSA) is 3.24 Å². The summed E-state index contributed by atoms with van der Waals surface area (Å²) >= 11 is 1.86. The van der Waals surface area contributed by atoms with Crippen molar-refractivity contribution in [1.29, 1.82) is 0 Å². The monoisotopic (exact) mass is 883 g/mol. The van der Waals surface area contributed by atoms with Crippen molar-refractivity contribution in [2.75, 3.05) is 4.90 Å². The van der Waals surface area contributed by atoms with Crippen LogP contribution in [0.25, 0.3) is 98.1 Å². The van der Waals surface area contributed by atoms with Crippen LogP contribution < -0.4 is 4.90 Å². The largest absolute Gasteiger partial charge is 0.310 e. The van der Waals surface area contributed by atoms with E-state index in [0.29, 0.717) is 0 Å². The summed E-state index contributed by atoms with van der Waals surface area (Å²) in [5, 5.41) is 2.63. The normalized spacial score (nSPS) is 11.2. The Morgan fingerprint density at radius 1 is 0.221 bits per heavy atom. The zero-order valence-corrected chi connectivity index (χ0v) is 38.2. The fourth-order valence-corrected chi connectivity index (χ4v) is 10.9. The Hall–Kier alpha value is -8.56. The van der Waals surface area contributed by atoms with Gasteiger partial charge in [-0.05, 0) is 133 Å². The SMILES string of the molecule is c1ccc(-c2cc(-c3ccccc3)cc(-c3ccc(N(c4ccc(-c5ccc6c(c5)sc5ccccc56)cc4)c4ccccc4-c4ccccc4-c4ccccc4-c4ccccc4)cc3)c2)cc1. The van der Waals surface area contributed by atoms with E-state index in [2.05, 4.69) is 278 Å². The van der Waals surface area contributed by atoms with Crippen LogP contribution in [0.1, 0.15) is 0 Å². The van der Waals surface area contributed by atoms with Gasteiger partial charge in [0.05, 0.1) is 5.69 Å². The number of nitrogens with zero attached hydrogens (tertiary/aromatic N) is 1. The molecule has 0 spiro atoms. The minimum atomic E-state index is 1.07. The number of benzene rings is 11. The number of para-hydroxylation sites is 1. The minimum Gasteiger partial charge on any atom is -0.310 e. The molecule has 0 bridgehead atoms. The molecule has 12 aromatic rings. The molecule has 0 aliphatic rings. The van der Waals surface area contributed by atoms with Gasteiger partial charge in [0.2, 0.25) is 0 Å². The third-order valence-corrected chi connectivity index (χ3v) is 14.2. The molecule has 0 saturated carbocycles. The number of thiophene rings is 1. The Morgan fingerprint density at radius 3 is 1.18 bits per heavy atom. The number of anilines is 3. The van der Waals surface area contributed by atoms with Gasteiger partial charge in [0.25, 0.3) is 0 Å². The van der Waals surface area contributed by atoms with Crippen LogP contribution >= 0.6 is 11.3 Å². The summed E-state index contributed by atoms with van der Waals surface area (Å²) in [7, 11) is 0. The molecule has 0 unspecified atom stereocenters. The molecule has 0 N–H and O–H groups in total. The molecule has 0 atom stereocenters. The van der Waals surface area contributed by atoms with E-state index in [-0.39, 0.29) is 0 Å². The van der Waals surface area contributed by atoms with Crippen LogP contribution in [0.4, 0.5) is 17.1 Å². The Morgan fingerprint density at radius 2 is 0.603 bits per heavy atom. The van der Waals surface area contributed by atoms with E-state index in [9.17, 15) is 0 Å². The number of rotatable bonds is 10. The second kappa shape index (κ2) is 18.0. The molecule has 1 heterocycles. The highest BCUT2D eigenvalue weighted by atomic mass is 32.1. The first-order chi connectivity index (χ1) is 33.7. The summed E-state index contributed by atoms with van der Waals surface area (Å²) in [6.07, 6.45) is 0. The molecular formula is C66H45NS. The van der Waals surface area contributed by atoms with Crippen LogP contribution in [0.3, 0.4) is 0 Å². The standard InChI is InChI=1S/C66H45NS/c1-4-18-46(19-5-1)52-42-53(47-20-6-2-7-21-47)44-54(43-52)49-34-39-56(40-35-49)67(55-37-32-48(33-38-55)51-36-41-63-62-29-15-17-31-65(62)68-66(63)45-51)64-30-16-14-28-61(64)60-27-13-12-26-59(60)58-25-11-10-24-57(58)50-22-8-3-9-23-50/h1-45H. The average molecular weight is 884 g/mol. The highest BCUT2D eigenvalue weighted by molar-refractivity contribution is 7.25. The highest BCUT2D eigenvalue weighted by Crippen LogP contribution is 2.46. The molecule has 0 fully saturated rings. The van der Waals surface area contributed by atoms with Crippen LogP contribution in [0.2, 0.25) is 0 Å². The van der Waals surface area contributed by atoms with Crippen molar-refractivity contribution in [3.63, 3.8) is 0 Å². The quantitative estimate of drug-likeness (QED) is 0.132. The second-order valence-electron chi connectivity index (χ2n) is 17.2. The summed E-state index contributed by atoms with van der Waals surface area (Å²) in [5.41, 5.74) is 19.9. The average Bonchev–Trinajstić information content (AvgIpc) is 3.80. The summed E-state index contributed by atoms with van der Waals surface area (Å²) in [4.78, 5) is 2.42. The fraction of sp³-hybridized carbons (Fsp3) is 0. The first-order valence-electron chi connectivity index (χ1n) is 23.2. The lowest BCUT2D eigenvalue weighted by Gasteiger charge is -2.29. The fourth-order valence-electron chi connectivity index (χ4n) is 9.76. The van der Waals surface area contributed by atoms with Crippen molar-refractivity contribution in [2.45, 2.75) is 0 Å². The van der Waals surface area contributed by atoms with Crippen LogP contribution in [0.5, 0.6) is 0 Å². The van der Waals surface area contributed by atoms with Gasteiger partial charge < -0.3 is 4.90 Å². The predicted molar refractivity (Wildman–Crippen MR) is 292 cm³/mol. The molecule has 11 aromatic carbocycles. The van der Waals surface area contributed by atoms with Crippen LogP contribution in [-0.4, -0.2) is 0 Å². The Balaban J connectivity index is 0.990. The maximum atomic E-state index is 2.42. The van der Waals surface area contributed by atoms with Gasteiger partial charge in [-0.2, -0.15) is 0 Å². The van der Waals surface area contributed by atoms with Crippen molar-refractivity contribution < 1.29 is 0 Å². The smallest absolute Gasteiger partial charge is 0.0540 e. The van der Waals surface area contributed by atoms with E-state index in [4.69, 9.17) is 0 Å². The van der Waals surface area contributed by atoms with Crippen molar-refractivity contribution in [2.24, 2.45) is 0 Å². The second-order valence-corrected chi connectivity index (χ2v) is 18.3. The zero-order chi connectivity index (χ0) is 45.2. The lowest BCUT2D eigenvalue weighted by molar-refractivity contribution is 1.28. The molecule has 0 aliphatic carbocycles. The number of hydrogen-bond donors (Lipinski definition) is 0. The maximum Gasteiger partial charge on any atom is 0.0540 e. The lowest BCUT2D eigenvalue weighted by atomic mass is 9.88. The summed E-state index contributed by atoms with van der Waals surface area (Å²) < 4.78 is 2.63. The lowest BCUT2D eigenvalue weighted by Crippen LogP contribution is -2.11. The van der Waals surface area contributed by atoms with Crippen LogP contribution in [0.15, 0.2) is 273 Å². The van der Waals surface area contributed by atoms with Crippen molar-refractivity contribution >= 4 is 48.6 Å². The molecule has 1 aromatic heterocycles. The summed E-state index contributed by atoms with van der Waals surface area (Å²) in [5.74, 6) is 0. The third-order valence-electron chi connectivity index (χ3n) is 13.1. The number of hydrogen-bond acceptors (Lipinski definition) is 2. The molecule has 2 heteroatoms. The number of fused-ring (bicyclic) bond motifs is 3. The molecule has 0 radical (unpaired) electrons. The molecule has 0 aliphatic heterocycles. The summed E-state index contributed by atoms with van der Waals surface area (Å²) in [6, 6.07) is 99.4. The van der Waals surface area contributed by atoms with E-state index in [1.165, 1.54) is 86.9 Å². The Bertz CT molecular complexity index is 3650. The highest BCUT2D eigenvalue weighted by Gasteiger charge is 2.21. The third kappa shape index (κ3) is 7.87. The van der Waals surface area contributed by atoms with E-state index in [1.807, 2.05) is 11.3 Å². The molecule has 320 valence electrons. The first-order valence-corrected chi connectivity index (χ1v) is 24.0. The molecule has 1 nitrogen and oxygen atoms in total. The van der Waals surface area contributed by atoms with E-state index in [0.717, 1.165) is 28.2 Å².